The number of Topliss-reactive ketones (excluding diaryl/α,β-unsaturated/α-hetero) is 1. The highest BCUT2D eigenvalue weighted by Crippen LogP contribution is 2.02. The largest absolute Gasteiger partial charge is 0.377 e. The predicted molar refractivity (Wildman–Crippen MR) is 40.9 cm³/mol. The highest BCUT2D eigenvalue weighted by atomic mass is 16.5. The van der Waals surface area contributed by atoms with Crippen LogP contribution < -0.4 is 0 Å². The Kier molecular flexibility index (Phi) is 3.96. The molecule has 0 unspecified atom stereocenters. The fourth-order valence-corrected chi connectivity index (χ4v) is 0.518. The molecule has 0 atom stereocenters. The highest BCUT2D eigenvalue weighted by Gasteiger charge is 2.03. The van der Waals surface area contributed by atoms with Crippen LogP contribution in [0.2, 0.25) is 0 Å². The van der Waals surface area contributed by atoms with Gasteiger partial charge in [0.2, 0.25) is 0 Å². The quantitative estimate of drug-likeness (QED) is 0.559. The first-order valence-corrected chi connectivity index (χ1v) is 3.25. The van der Waals surface area contributed by atoms with Gasteiger partial charge in [0.1, 0.15) is 6.61 Å². The van der Waals surface area contributed by atoms with Crippen LogP contribution >= 0.6 is 0 Å². The zero-order valence-corrected chi connectivity index (χ0v) is 7.02. The van der Waals surface area contributed by atoms with Crippen LogP contribution in [0.25, 0.3) is 0 Å². The number of allylic oxidation sites excluding steroid dienone is 1. The van der Waals surface area contributed by atoms with Gasteiger partial charge < -0.3 is 4.74 Å². The molecule has 0 aliphatic carbocycles. The normalized spacial score (nSPS) is 9.20. The minimum Gasteiger partial charge on any atom is -0.377 e. The SMILES string of the molecule is COCC(=O)C(C)=C(C)C. The van der Waals surface area contributed by atoms with E-state index < -0.39 is 0 Å². The summed E-state index contributed by atoms with van der Waals surface area (Å²) in [7, 11) is 1.52. The van der Waals surface area contributed by atoms with Gasteiger partial charge in [-0.05, 0) is 26.3 Å². The summed E-state index contributed by atoms with van der Waals surface area (Å²) in [4.78, 5) is 11.0. The van der Waals surface area contributed by atoms with Crippen molar-refractivity contribution in [2.24, 2.45) is 0 Å². The summed E-state index contributed by atoms with van der Waals surface area (Å²) in [5.41, 5.74) is 1.86. The molecule has 0 heterocycles. The van der Waals surface area contributed by atoms with Gasteiger partial charge in [0, 0.05) is 7.11 Å². The lowest BCUT2D eigenvalue weighted by atomic mass is 10.1. The Morgan fingerprint density at radius 1 is 1.30 bits per heavy atom. The molecule has 0 N–H and O–H groups in total. The third kappa shape index (κ3) is 2.78. The van der Waals surface area contributed by atoms with Crippen molar-refractivity contribution in [3.63, 3.8) is 0 Å². The van der Waals surface area contributed by atoms with E-state index in [1.807, 2.05) is 20.8 Å². The first kappa shape index (κ1) is 9.37. The molecule has 0 fully saturated rings. The molecule has 0 aromatic rings. The molecule has 0 aliphatic rings. The van der Waals surface area contributed by atoms with Gasteiger partial charge in [-0.1, -0.05) is 5.57 Å². The van der Waals surface area contributed by atoms with E-state index in [2.05, 4.69) is 0 Å². The van der Waals surface area contributed by atoms with E-state index in [-0.39, 0.29) is 12.4 Å². The molecule has 0 aromatic carbocycles. The molecule has 0 rings (SSSR count). The van der Waals surface area contributed by atoms with Crippen LogP contribution in [-0.4, -0.2) is 19.5 Å². The lowest BCUT2D eigenvalue weighted by Crippen LogP contribution is -2.08. The van der Waals surface area contributed by atoms with E-state index in [9.17, 15) is 4.79 Å². The average molecular weight is 142 g/mol. The van der Waals surface area contributed by atoms with Crippen molar-refractivity contribution in [3.8, 4) is 0 Å². The lowest BCUT2D eigenvalue weighted by Gasteiger charge is -2.00. The van der Waals surface area contributed by atoms with E-state index in [0.29, 0.717) is 0 Å². The van der Waals surface area contributed by atoms with Gasteiger partial charge in [0.15, 0.2) is 5.78 Å². The Balaban J connectivity index is 4.09. The van der Waals surface area contributed by atoms with E-state index in [4.69, 9.17) is 4.74 Å². The molecule has 0 amide bonds. The molecular formula is C8H14O2. The average Bonchev–Trinajstić information content (AvgIpc) is 1.87. The van der Waals surface area contributed by atoms with Crippen molar-refractivity contribution in [2.45, 2.75) is 20.8 Å². The molecule has 0 aromatic heterocycles. The van der Waals surface area contributed by atoms with Gasteiger partial charge in [-0.2, -0.15) is 0 Å². The number of hydrogen-bond acceptors (Lipinski definition) is 2. The van der Waals surface area contributed by atoms with Gasteiger partial charge in [0.25, 0.3) is 0 Å². The van der Waals surface area contributed by atoms with Crippen LogP contribution in [0.4, 0.5) is 0 Å². The summed E-state index contributed by atoms with van der Waals surface area (Å²) in [5.74, 6) is 0.0718. The summed E-state index contributed by atoms with van der Waals surface area (Å²) in [6.07, 6.45) is 0. The van der Waals surface area contributed by atoms with Crippen molar-refractivity contribution in [2.75, 3.05) is 13.7 Å². The van der Waals surface area contributed by atoms with Gasteiger partial charge >= 0.3 is 0 Å². The first-order valence-electron chi connectivity index (χ1n) is 3.25. The molecule has 0 saturated heterocycles. The van der Waals surface area contributed by atoms with Crippen LogP contribution in [0.3, 0.4) is 0 Å². The number of hydrogen-bond donors (Lipinski definition) is 0. The van der Waals surface area contributed by atoms with E-state index >= 15 is 0 Å². The zero-order chi connectivity index (χ0) is 8.15. The molecular weight excluding hydrogens is 128 g/mol. The summed E-state index contributed by atoms with van der Waals surface area (Å²) < 4.78 is 4.69. The molecule has 0 saturated carbocycles. The number of carbonyl (C=O) groups is 1. The summed E-state index contributed by atoms with van der Waals surface area (Å²) in [5, 5.41) is 0. The monoisotopic (exact) mass is 142 g/mol. The summed E-state index contributed by atoms with van der Waals surface area (Å²) in [6.45, 7) is 5.85. The third-order valence-corrected chi connectivity index (χ3v) is 1.44. The molecule has 0 aliphatic heterocycles. The van der Waals surface area contributed by atoms with Crippen molar-refractivity contribution < 1.29 is 9.53 Å². The Morgan fingerprint density at radius 2 is 1.80 bits per heavy atom. The highest BCUT2D eigenvalue weighted by molar-refractivity contribution is 5.96. The molecule has 0 spiro atoms. The molecule has 2 nitrogen and oxygen atoms in total. The standard InChI is InChI=1S/C8H14O2/c1-6(2)7(3)8(9)5-10-4/h5H2,1-4H3. The second-order valence-electron chi connectivity index (χ2n) is 2.48. The minimum absolute atomic E-state index is 0.0718. The maximum absolute atomic E-state index is 11.0. The summed E-state index contributed by atoms with van der Waals surface area (Å²) >= 11 is 0. The van der Waals surface area contributed by atoms with E-state index in [1.54, 1.807) is 0 Å². The zero-order valence-electron chi connectivity index (χ0n) is 7.02. The van der Waals surface area contributed by atoms with E-state index in [0.717, 1.165) is 11.1 Å². The topological polar surface area (TPSA) is 26.3 Å². The van der Waals surface area contributed by atoms with Crippen LogP contribution in [0.5, 0.6) is 0 Å². The molecule has 10 heavy (non-hydrogen) atoms. The number of methoxy groups -OCH3 is 1. The predicted octanol–water partition coefficient (Wildman–Crippen LogP) is 1.56. The van der Waals surface area contributed by atoms with E-state index in [1.165, 1.54) is 7.11 Å². The van der Waals surface area contributed by atoms with Gasteiger partial charge in [-0.15, -0.1) is 0 Å². The number of carbonyl (C=O) groups excluding carboxylic acids is 1. The molecule has 2 heteroatoms. The minimum atomic E-state index is 0.0718. The Hall–Kier alpha value is -0.630. The van der Waals surface area contributed by atoms with Crippen molar-refractivity contribution in [3.05, 3.63) is 11.1 Å². The number of rotatable bonds is 3. The molecule has 0 radical (unpaired) electrons. The third-order valence-electron chi connectivity index (χ3n) is 1.44. The second kappa shape index (κ2) is 4.23. The molecule has 0 bridgehead atoms. The van der Waals surface area contributed by atoms with Crippen LogP contribution in [0.1, 0.15) is 20.8 Å². The number of ketones is 1. The van der Waals surface area contributed by atoms with Crippen molar-refractivity contribution >= 4 is 5.78 Å². The molecule has 58 valence electrons. The fraction of sp³-hybridized carbons (Fsp3) is 0.625. The van der Waals surface area contributed by atoms with Crippen LogP contribution in [0.15, 0.2) is 11.1 Å². The van der Waals surface area contributed by atoms with Gasteiger partial charge in [-0.25, -0.2) is 0 Å². The fourth-order valence-electron chi connectivity index (χ4n) is 0.518. The second-order valence-corrected chi connectivity index (χ2v) is 2.48. The Bertz CT molecular complexity index is 153. The summed E-state index contributed by atoms with van der Waals surface area (Å²) in [6, 6.07) is 0. The van der Waals surface area contributed by atoms with Crippen molar-refractivity contribution in [1.82, 2.24) is 0 Å². The Morgan fingerprint density at radius 3 is 2.10 bits per heavy atom. The van der Waals surface area contributed by atoms with Gasteiger partial charge in [0.05, 0.1) is 0 Å². The van der Waals surface area contributed by atoms with Crippen molar-refractivity contribution in [1.29, 1.82) is 0 Å². The van der Waals surface area contributed by atoms with Crippen LogP contribution in [-0.2, 0) is 9.53 Å². The Labute approximate surface area is 61.9 Å². The smallest absolute Gasteiger partial charge is 0.184 e. The maximum atomic E-state index is 11.0. The maximum Gasteiger partial charge on any atom is 0.184 e. The lowest BCUT2D eigenvalue weighted by molar-refractivity contribution is -0.119. The number of ether oxygens (including phenoxy) is 1. The van der Waals surface area contributed by atoms with Gasteiger partial charge in [-0.3, -0.25) is 4.79 Å². The van der Waals surface area contributed by atoms with Crippen LogP contribution in [0, 0.1) is 0 Å². The first-order chi connectivity index (χ1) is 4.59.